The number of carboxylic acid groups (broad SMARTS) is 3. The Morgan fingerprint density at radius 2 is 0.936 bits per heavy atom. The van der Waals surface area contributed by atoms with Gasteiger partial charge in [-0.05, 0) is 131 Å². The molecule has 2 heterocycles. The summed E-state index contributed by atoms with van der Waals surface area (Å²) >= 11 is 0. The number of nitrogens with zero attached hydrogens (tertiary/aromatic N) is 1. The fourth-order valence-electron chi connectivity index (χ4n) is 14.7. The number of phenols is 1. The molecule has 0 radical (unpaired) electrons. The van der Waals surface area contributed by atoms with Crippen LogP contribution in [0.15, 0.2) is 54.7 Å². The van der Waals surface area contributed by atoms with Crippen molar-refractivity contribution in [1.82, 2.24) is 95.0 Å². The number of amides is 19. The molecule has 3 aromatic rings. The van der Waals surface area contributed by atoms with Gasteiger partial charge in [-0.25, -0.2) is 4.79 Å². The van der Waals surface area contributed by atoms with E-state index in [2.05, 4.69) is 84.7 Å². The van der Waals surface area contributed by atoms with Crippen molar-refractivity contribution < 1.29 is 141 Å². The number of aliphatic hydroxyl groups is 3. The number of benzene rings is 2. The van der Waals surface area contributed by atoms with E-state index < -0.39 is 322 Å². The molecule has 32 N–H and O–H groups in total. The van der Waals surface area contributed by atoms with Crippen LogP contribution in [0.25, 0.3) is 10.9 Å². The summed E-state index contributed by atoms with van der Waals surface area (Å²) in [6, 6.07) is -14.1. The fraction of sp³-hybridized carbons (Fsp3) is 0.596. The average molecular weight is 1980 g/mol. The molecule has 776 valence electrons. The molecule has 1 saturated heterocycles. The number of nitrogens with one attached hydrogen (secondary N) is 17. The predicted octanol–water partition coefficient (Wildman–Crippen LogP) is -8.13. The minimum Gasteiger partial charge on any atom is -0.508 e. The first kappa shape index (κ1) is 118. The van der Waals surface area contributed by atoms with E-state index in [0.29, 0.717) is 28.5 Å². The van der Waals surface area contributed by atoms with Crippen LogP contribution in [0.4, 0.5) is 0 Å². The Hall–Kier alpha value is -14.1. The van der Waals surface area contributed by atoms with E-state index in [-0.39, 0.29) is 76.1 Å². The Morgan fingerprint density at radius 3 is 1.46 bits per heavy atom. The fourth-order valence-corrected chi connectivity index (χ4v) is 14.7. The number of phenolic OH excluding ortho intramolecular Hbond substituents is 1. The zero-order chi connectivity index (χ0) is 105. The summed E-state index contributed by atoms with van der Waals surface area (Å²) in [5, 5.41) is 108. The van der Waals surface area contributed by atoms with Crippen molar-refractivity contribution in [2.45, 2.75) is 275 Å². The van der Waals surface area contributed by atoms with E-state index in [9.17, 15) is 141 Å². The zero-order valence-electron chi connectivity index (χ0n) is 79.7. The van der Waals surface area contributed by atoms with Crippen LogP contribution in [0.3, 0.4) is 0 Å². The minimum absolute atomic E-state index is 0.0687. The highest BCUT2D eigenvalue weighted by Crippen LogP contribution is 2.23. The van der Waals surface area contributed by atoms with E-state index in [4.69, 9.17) is 22.9 Å². The first-order chi connectivity index (χ1) is 65.8. The Morgan fingerprint density at radius 1 is 0.464 bits per heavy atom. The monoisotopic (exact) mass is 1980 g/mol. The summed E-state index contributed by atoms with van der Waals surface area (Å²) in [6.45, 7) is 11.6. The first-order valence-electron chi connectivity index (χ1n) is 45.8. The van der Waals surface area contributed by atoms with Gasteiger partial charge in [-0.1, -0.05) is 92.1 Å². The standard InChI is InChI=1S/C89H136N22O29/c1-11-45(8)72(86(136)106-62(40-112)83(133)107-63(41-113)89(139)140)108-68(119)39-95-75(125)55(26-28-69(120)121)100-81(131)60(34-49-37-94-53-18-13-12-17-51(49)53)104-82(132)61(36-70(122)123)105-78(128)56(25-27-65(92)116)101-77(127)54(19-14-15-29-90)99-79(129)57(31-42(2)3)98-67(118)38-96-76(126)59(33-48-21-23-50(115)24-22-48)103-80(130)58(32-43(4)5)102-74(124)46(9)97-85(135)71(44(6)7)109-87(137)73(47(10)114)110-84(134)64-20-16-30-111(64)88(138)52(91)35-66(93)117/h12-13,17-18,21-24,37,42-47,52,54-64,71-73,94,112-115H,11,14-16,19-20,25-36,38-41,90-91H2,1-10H3,(H2,92,116)(H2,93,117)(H,95,125)(H,96,126)(H,97,135)(H,98,118)(H,99,129)(H,100,131)(H,101,127)(H,102,124)(H,103,130)(H,104,132)(H,105,128)(H,106,136)(H,107,133)(H,108,119)(H,109,137)(H,110,134)(H,120,121)(H,122,123)(H,139,140)/t45-,46-,47+,52-,54-,55-,56-,57-,58-,59-,60-,61-,62-,63-,64-,71-,72-,73-/m0/s1. The van der Waals surface area contributed by atoms with E-state index >= 15 is 0 Å². The van der Waals surface area contributed by atoms with E-state index in [1.165, 1.54) is 51.2 Å². The van der Waals surface area contributed by atoms with Gasteiger partial charge in [0.25, 0.3) is 0 Å². The Kier molecular flexibility index (Phi) is 49.5. The van der Waals surface area contributed by atoms with Crippen LogP contribution >= 0.6 is 0 Å². The number of aromatic nitrogens is 1. The number of hydrogen-bond donors (Lipinski definition) is 28. The van der Waals surface area contributed by atoms with Crippen LogP contribution in [0.1, 0.15) is 170 Å². The maximum Gasteiger partial charge on any atom is 0.328 e. The number of hydrogen-bond acceptors (Lipinski definition) is 28. The summed E-state index contributed by atoms with van der Waals surface area (Å²) in [7, 11) is 0. The number of aromatic amines is 1. The van der Waals surface area contributed by atoms with Gasteiger partial charge in [0.15, 0.2) is 0 Å². The maximum absolute atomic E-state index is 14.7. The smallest absolute Gasteiger partial charge is 0.328 e. The molecule has 140 heavy (non-hydrogen) atoms. The number of carbonyl (C=O) groups is 22. The number of H-pyrrole nitrogens is 1. The second-order valence-corrected chi connectivity index (χ2v) is 35.4. The lowest BCUT2D eigenvalue weighted by molar-refractivity contribution is -0.144. The normalized spacial score (nSPS) is 16.0. The summed E-state index contributed by atoms with van der Waals surface area (Å²) in [5.41, 5.74) is 23.6. The highest BCUT2D eigenvalue weighted by Gasteiger charge is 2.43. The van der Waals surface area contributed by atoms with Crippen molar-refractivity contribution in [3.63, 3.8) is 0 Å². The lowest BCUT2D eigenvalue weighted by Crippen LogP contribution is -2.62. The molecule has 19 amide bonds. The third kappa shape index (κ3) is 39.8. The summed E-state index contributed by atoms with van der Waals surface area (Å²) < 4.78 is 0. The molecule has 0 bridgehead atoms. The number of aliphatic hydroxyl groups excluding tert-OH is 3. The van der Waals surface area contributed by atoms with Gasteiger partial charge >= 0.3 is 17.9 Å². The van der Waals surface area contributed by atoms with Crippen molar-refractivity contribution in [3.8, 4) is 5.75 Å². The Labute approximate surface area is 806 Å². The van der Waals surface area contributed by atoms with Crippen molar-refractivity contribution in [3.05, 3.63) is 65.9 Å². The molecule has 18 atom stereocenters. The summed E-state index contributed by atoms with van der Waals surface area (Å²) in [4.78, 5) is 303. The number of nitrogens with two attached hydrogens (primary N) is 4. The predicted molar refractivity (Wildman–Crippen MR) is 496 cm³/mol. The number of aromatic hydroxyl groups is 1. The van der Waals surface area contributed by atoms with Gasteiger partial charge in [-0.2, -0.15) is 0 Å². The third-order valence-corrected chi connectivity index (χ3v) is 22.5. The quantitative estimate of drug-likeness (QED) is 0.0233. The number of carbonyl (C=O) groups excluding carboxylic acids is 19. The molecule has 2 aromatic carbocycles. The van der Waals surface area contributed by atoms with Gasteiger partial charge in [0, 0.05) is 49.3 Å². The van der Waals surface area contributed by atoms with Crippen LogP contribution in [0.2, 0.25) is 0 Å². The van der Waals surface area contributed by atoms with Crippen molar-refractivity contribution in [2.24, 2.45) is 46.6 Å². The molecule has 0 unspecified atom stereocenters. The number of primary amides is 2. The first-order valence-corrected chi connectivity index (χ1v) is 45.8. The topological polar surface area (TPSA) is 833 Å². The largest absolute Gasteiger partial charge is 0.508 e. The molecule has 1 aliphatic heterocycles. The summed E-state index contributed by atoms with van der Waals surface area (Å²) in [5.74, 6) is -27.1. The number of unbranched alkanes of at least 4 members (excludes halogenated alkanes) is 1. The molecule has 0 saturated carbocycles. The van der Waals surface area contributed by atoms with Crippen LogP contribution in [-0.2, 0) is 118 Å². The molecule has 51 nitrogen and oxygen atoms in total. The van der Waals surface area contributed by atoms with Gasteiger partial charge < -0.3 is 154 Å². The number of para-hydroxylation sites is 1. The van der Waals surface area contributed by atoms with Crippen molar-refractivity contribution in [2.75, 3.05) is 39.4 Å². The molecular weight excluding hydrogens is 1840 g/mol. The Balaban J connectivity index is 1.57. The van der Waals surface area contributed by atoms with Crippen molar-refractivity contribution in [1.29, 1.82) is 0 Å². The molecule has 1 fully saturated rings. The molecule has 0 aliphatic carbocycles. The molecule has 51 heteroatoms. The van der Waals surface area contributed by atoms with Crippen LogP contribution in [0.5, 0.6) is 5.75 Å². The SMILES string of the molecule is CC[C@H](C)[C@H](NC(=O)CNC(=O)[C@H](CCC(=O)O)NC(=O)[C@H](Cc1c[nH]c2ccccc12)NC(=O)[C@H](CC(=O)O)NC(=O)[C@H](CCC(N)=O)NC(=O)[C@H](CCCCN)NC(=O)[C@H](CC(C)C)NC(=O)CNC(=O)[C@H](Cc1ccc(O)cc1)NC(=O)[C@H](CC(C)C)NC(=O)[C@H](C)NC(=O)[C@@H](NC(=O)[C@@H](NC(=O)[C@@H]1CCCN1C(=O)[C@@H](N)CC(N)=O)[C@@H](C)O)C(C)C)C(=O)N[C@@H](CO)C(=O)N[C@@H](CO)C(=O)O. The lowest BCUT2D eigenvalue weighted by Gasteiger charge is -2.30. The van der Waals surface area contributed by atoms with E-state index in [1.54, 1.807) is 72.7 Å². The zero-order valence-corrected chi connectivity index (χ0v) is 79.7. The van der Waals surface area contributed by atoms with Gasteiger partial charge in [-0.3, -0.25) is 101 Å². The van der Waals surface area contributed by atoms with Crippen LogP contribution in [0, 0.1) is 23.7 Å². The number of aliphatic carboxylic acids is 3. The van der Waals surface area contributed by atoms with Gasteiger partial charge in [0.05, 0.1) is 51.3 Å². The molecule has 0 spiro atoms. The van der Waals surface area contributed by atoms with E-state index in [0.717, 1.165) is 4.90 Å². The minimum atomic E-state index is -2.18. The van der Waals surface area contributed by atoms with Gasteiger partial charge in [0.1, 0.15) is 96.4 Å². The van der Waals surface area contributed by atoms with E-state index in [1.807, 2.05) is 5.32 Å². The number of likely N-dealkylation sites (tertiary alicyclic amines) is 1. The average Bonchev–Trinajstić information content (AvgIpc) is 1.67. The number of rotatable bonds is 62. The summed E-state index contributed by atoms with van der Waals surface area (Å²) in [6.07, 6.45) is -4.87. The third-order valence-electron chi connectivity index (χ3n) is 22.5. The number of fused-ring (bicyclic) bond motifs is 1. The Bertz CT molecular complexity index is 4840. The molecule has 4 rings (SSSR count). The second-order valence-electron chi connectivity index (χ2n) is 35.4. The maximum atomic E-state index is 14.7. The molecule has 1 aromatic heterocycles. The second kappa shape index (κ2) is 58.6. The van der Waals surface area contributed by atoms with Gasteiger partial charge in [0.2, 0.25) is 112 Å². The van der Waals surface area contributed by atoms with Crippen LogP contribution < -0.4 is 108 Å². The molecular formula is C89H136N22O29. The number of carboxylic acids is 3. The highest BCUT2D eigenvalue weighted by molar-refractivity contribution is 6.02. The molecule has 1 aliphatic rings. The van der Waals surface area contributed by atoms with Crippen LogP contribution in [-0.4, -0.2) is 318 Å². The van der Waals surface area contributed by atoms with Gasteiger partial charge in [-0.15, -0.1) is 0 Å². The highest BCUT2D eigenvalue weighted by atomic mass is 16.4. The lowest BCUT2D eigenvalue weighted by atomic mass is 9.98. The van der Waals surface area contributed by atoms with Crippen molar-refractivity contribution >= 4 is 141 Å².